The molecule has 3 aromatic carbocycles. The Hall–Kier alpha value is -3.25. The molecular weight excluding hydrogens is 370 g/mol. The molecule has 0 aliphatic carbocycles. The van der Waals surface area contributed by atoms with E-state index in [2.05, 4.69) is 15.3 Å². The molecule has 0 bridgehead atoms. The van der Waals surface area contributed by atoms with Gasteiger partial charge in [-0.2, -0.15) is 0 Å². The molecule has 28 heavy (non-hydrogen) atoms. The summed E-state index contributed by atoms with van der Waals surface area (Å²) in [4.78, 5) is 20.1. The molecule has 1 aromatic heterocycles. The minimum absolute atomic E-state index is 0.239. The molecule has 0 aliphatic rings. The number of ether oxygens (including phenoxy) is 1. The molecular formula is C22H19N3O2S. The van der Waals surface area contributed by atoms with Crippen molar-refractivity contribution in [2.24, 2.45) is 0 Å². The van der Waals surface area contributed by atoms with Crippen LogP contribution in [0.4, 0.5) is 10.5 Å². The number of para-hydroxylation sites is 3. The molecule has 4 aromatic rings. The highest BCUT2D eigenvalue weighted by Crippen LogP contribution is 2.26. The number of H-pyrrole nitrogens is 1. The van der Waals surface area contributed by atoms with Crippen molar-refractivity contribution < 1.29 is 9.53 Å². The van der Waals surface area contributed by atoms with Crippen LogP contribution in [0.1, 0.15) is 11.1 Å². The van der Waals surface area contributed by atoms with Crippen LogP contribution in [0.3, 0.4) is 0 Å². The van der Waals surface area contributed by atoms with Gasteiger partial charge in [0.2, 0.25) is 0 Å². The number of aromatic nitrogens is 2. The average molecular weight is 389 g/mol. The fourth-order valence-electron chi connectivity index (χ4n) is 2.78. The van der Waals surface area contributed by atoms with Crippen molar-refractivity contribution in [1.29, 1.82) is 0 Å². The molecule has 6 heteroatoms. The number of carbonyl (C=O) groups is 1. The van der Waals surface area contributed by atoms with Crippen molar-refractivity contribution in [3.05, 3.63) is 90.0 Å². The van der Waals surface area contributed by atoms with Crippen LogP contribution in [0.25, 0.3) is 11.0 Å². The van der Waals surface area contributed by atoms with Crippen LogP contribution < -0.4 is 5.32 Å². The summed E-state index contributed by atoms with van der Waals surface area (Å²) in [5.74, 6) is 0.676. The Morgan fingerprint density at radius 2 is 1.71 bits per heavy atom. The molecule has 0 aliphatic heterocycles. The zero-order valence-electron chi connectivity index (χ0n) is 15.1. The molecule has 4 rings (SSSR count). The van der Waals surface area contributed by atoms with Gasteiger partial charge in [-0.1, -0.05) is 72.4 Å². The molecule has 0 unspecified atom stereocenters. The number of thioether (sulfide) groups is 1. The van der Waals surface area contributed by atoms with E-state index in [9.17, 15) is 4.79 Å². The molecule has 0 saturated heterocycles. The lowest BCUT2D eigenvalue weighted by atomic mass is 10.2. The van der Waals surface area contributed by atoms with Crippen molar-refractivity contribution in [1.82, 2.24) is 9.97 Å². The predicted molar refractivity (Wildman–Crippen MR) is 112 cm³/mol. The van der Waals surface area contributed by atoms with Gasteiger partial charge < -0.3 is 9.72 Å². The van der Waals surface area contributed by atoms with Gasteiger partial charge in [0.15, 0.2) is 5.16 Å². The highest BCUT2D eigenvalue weighted by molar-refractivity contribution is 7.98. The van der Waals surface area contributed by atoms with Gasteiger partial charge in [-0.05, 0) is 29.3 Å². The summed E-state index contributed by atoms with van der Waals surface area (Å²) in [6.45, 7) is 0.239. The van der Waals surface area contributed by atoms with E-state index in [-0.39, 0.29) is 6.61 Å². The molecule has 0 saturated carbocycles. The Morgan fingerprint density at radius 1 is 0.964 bits per heavy atom. The van der Waals surface area contributed by atoms with Gasteiger partial charge in [0, 0.05) is 11.4 Å². The second-order valence-electron chi connectivity index (χ2n) is 6.19. The van der Waals surface area contributed by atoms with E-state index in [0.717, 1.165) is 33.0 Å². The van der Waals surface area contributed by atoms with E-state index in [1.54, 1.807) is 11.8 Å². The monoisotopic (exact) mass is 389 g/mol. The third-order valence-electron chi connectivity index (χ3n) is 4.20. The number of rotatable bonds is 6. The van der Waals surface area contributed by atoms with Crippen LogP contribution in [0, 0.1) is 0 Å². The minimum atomic E-state index is -0.468. The normalized spacial score (nSPS) is 10.7. The average Bonchev–Trinajstić information content (AvgIpc) is 3.15. The molecule has 0 atom stereocenters. The molecule has 1 heterocycles. The van der Waals surface area contributed by atoms with Crippen molar-refractivity contribution in [3.8, 4) is 0 Å². The number of aromatic amines is 1. The van der Waals surface area contributed by atoms with Gasteiger partial charge in [0.25, 0.3) is 0 Å². The van der Waals surface area contributed by atoms with E-state index in [4.69, 9.17) is 4.74 Å². The lowest BCUT2D eigenvalue weighted by Gasteiger charge is -2.11. The molecule has 0 spiro atoms. The van der Waals surface area contributed by atoms with Gasteiger partial charge in [0.1, 0.15) is 6.61 Å². The van der Waals surface area contributed by atoms with Crippen LogP contribution in [0.5, 0.6) is 0 Å². The van der Waals surface area contributed by atoms with Crippen molar-refractivity contribution >= 4 is 34.6 Å². The summed E-state index contributed by atoms with van der Waals surface area (Å²) in [5, 5.41) is 3.69. The first-order valence-electron chi connectivity index (χ1n) is 8.91. The maximum absolute atomic E-state index is 12.2. The third kappa shape index (κ3) is 4.53. The molecule has 1 amide bonds. The summed E-state index contributed by atoms with van der Waals surface area (Å²) in [5.41, 5.74) is 4.65. The number of amides is 1. The van der Waals surface area contributed by atoms with Gasteiger partial charge in [-0.15, -0.1) is 0 Å². The number of anilines is 1. The zero-order valence-corrected chi connectivity index (χ0v) is 15.9. The summed E-state index contributed by atoms with van der Waals surface area (Å²) in [6, 6.07) is 25.3. The number of nitrogens with one attached hydrogen (secondary N) is 2. The number of benzene rings is 3. The smallest absolute Gasteiger partial charge is 0.411 e. The van der Waals surface area contributed by atoms with Crippen LogP contribution in [0.15, 0.2) is 84.0 Å². The molecule has 0 radical (unpaired) electrons. The van der Waals surface area contributed by atoms with Crippen LogP contribution in [0.2, 0.25) is 0 Å². The number of imidazole rings is 1. The zero-order chi connectivity index (χ0) is 19.2. The number of fused-ring (bicyclic) bond motifs is 1. The number of hydrogen-bond donors (Lipinski definition) is 2. The summed E-state index contributed by atoms with van der Waals surface area (Å²) in [7, 11) is 0. The molecule has 0 fully saturated rings. The predicted octanol–water partition coefficient (Wildman–Crippen LogP) is 5.60. The van der Waals surface area contributed by atoms with Gasteiger partial charge in [0.05, 0.1) is 11.0 Å². The fraction of sp³-hybridized carbons (Fsp3) is 0.0909. The second kappa shape index (κ2) is 8.63. The lowest BCUT2D eigenvalue weighted by molar-refractivity contribution is 0.155. The highest BCUT2D eigenvalue weighted by atomic mass is 32.2. The largest absolute Gasteiger partial charge is 0.444 e. The molecule has 2 N–H and O–H groups in total. The SMILES string of the molecule is O=C(Nc1ccccc1CSc1nc2ccccc2[nH]1)OCc1ccccc1. The van der Waals surface area contributed by atoms with Crippen molar-refractivity contribution in [2.75, 3.05) is 5.32 Å². The Labute approximate surface area is 167 Å². The maximum Gasteiger partial charge on any atom is 0.411 e. The second-order valence-corrected chi connectivity index (χ2v) is 7.16. The number of hydrogen-bond acceptors (Lipinski definition) is 4. The van der Waals surface area contributed by atoms with Gasteiger partial charge in [-0.25, -0.2) is 9.78 Å². The van der Waals surface area contributed by atoms with E-state index in [1.165, 1.54) is 0 Å². The lowest BCUT2D eigenvalue weighted by Crippen LogP contribution is -2.14. The first kappa shape index (κ1) is 18.1. The van der Waals surface area contributed by atoms with E-state index >= 15 is 0 Å². The first-order valence-corrected chi connectivity index (χ1v) is 9.90. The summed E-state index contributed by atoms with van der Waals surface area (Å²) >= 11 is 1.59. The third-order valence-corrected chi connectivity index (χ3v) is 5.12. The van der Waals surface area contributed by atoms with E-state index in [0.29, 0.717) is 5.75 Å². The van der Waals surface area contributed by atoms with E-state index < -0.39 is 6.09 Å². The topological polar surface area (TPSA) is 67.0 Å². The van der Waals surface area contributed by atoms with Gasteiger partial charge in [-0.3, -0.25) is 5.32 Å². The fourth-order valence-corrected chi connectivity index (χ4v) is 3.67. The highest BCUT2D eigenvalue weighted by Gasteiger charge is 2.10. The number of carbonyl (C=O) groups excluding carboxylic acids is 1. The van der Waals surface area contributed by atoms with Crippen LogP contribution in [-0.2, 0) is 17.1 Å². The molecule has 140 valence electrons. The number of nitrogens with zero attached hydrogens (tertiary/aromatic N) is 1. The van der Waals surface area contributed by atoms with Crippen molar-refractivity contribution in [2.45, 2.75) is 17.5 Å². The summed E-state index contributed by atoms with van der Waals surface area (Å²) < 4.78 is 5.31. The first-order chi connectivity index (χ1) is 13.8. The minimum Gasteiger partial charge on any atom is -0.444 e. The summed E-state index contributed by atoms with van der Waals surface area (Å²) in [6.07, 6.45) is -0.468. The Balaban J connectivity index is 1.38. The van der Waals surface area contributed by atoms with Crippen LogP contribution >= 0.6 is 11.8 Å². The Morgan fingerprint density at radius 3 is 2.57 bits per heavy atom. The quantitative estimate of drug-likeness (QED) is 0.421. The van der Waals surface area contributed by atoms with E-state index in [1.807, 2.05) is 78.9 Å². The molecule has 5 nitrogen and oxygen atoms in total. The maximum atomic E-state index is 12.2. The van der Waals surface area contributed by atoms with Crippen molar-refractivity contribution in [3.63, 3.8) is 0 Å². The van der Waals surface area contributed by atoms with Gasteiger partial charge >= 0.3 is 6.09 Å². The Bertz CT molecular complexity index is 1050. The standard InChI is InChI=1S/C22H19N3O2S/c26-22(27-14-16-8-2-1-3-9-16)25-18-11-5-4-10-17(18)15-28-21-23-19-12-6-7-13-20(19)24-21/h1-13H,14-15H2,(H,23,24)(H,25,26). The Kier molecular flexibility index (Phi) is 5.58. The van der Waals surface area contributed by atoms with Crippen LogP contribution in [-0.4, -0.2) is 16.1 Å².